The van der Waals surface area contributed by atoms with Gasteiger partial charge in [0.15, 0.2) is 0 Å². The lowest BCUT2D eigenvalue weighted by Gasteiger charge is -2.06. The fourth-order valence-corrected chi connectivity index (χ4v) is 1.56. The van der Waals surface area contributed by atoms with Crippen molar-refractivity contribution in [3.05, 3.63) is 0 Å². The van der Waals surface area contributed by atoms with Crippen LogP contribution in [0.3, 0.4) is 0 Å². The van der Waals surface area contributed by atoms with Gasteiger partial charge in [0.1, 0.15) is 5.78 Å². The molecule has 0 aliphatic heterocycles. The summed E-state index contributed by atoms with van der Waals surface area (Å²) >= 11 is 0. The molecule has 1 fully saturated rings. The summed E-state index contributed by atoms with van der Waals surface area (Å²) in [6.07, 6.45) is 3.92. The summed E-state index contributed by atoms with van der Waals surface area (Å²) in [5, 5.41) is 0. The normalized spacial score (nSPS) is 24.5. The van der Waals surface area contributed by atoms with E-state index in [2.05, 4.69) is 0 Å². The van der Waals surface area contributed by atoms with Gasteiger partial charge in [-0.3, -0.25) is 4.79 Å². The minimum Gasteiger partial charge on any atom is -0.382 e. The smallest absolute Gasteiger partial charge is 0.136 e. The van der Waals surface area contributed by atoms with E-state index in [4.69, 9.17) is 4.74 Å². The number of ether oxygens (including phenoxy) is 1. The molecule has 0 aromatic carbocycles. The predicted molar refractivity (Wildman–Crippen MR) is 43.5 cm³/mol. The van der Waals surface area contributed by atoms with E-state index in [1.165, 1.54) is 0 Å². The first-order chi connectivity index (χ1) is 5.34. The lowest BCUT2D eigenvalue weighted by Crippen LogP contribution is -2.09. The first-order valence-electron chi connectivity index (χ1n) is 4.45. The van der Waals surface area contributed by atoms with Crippen molar-refractivity contribution in [3.63, 3.8) is 0 Å². The van der Waals surface area contributed by atoms with E-state index in [1.54, 1.807) is 0 Å². The molecule has 1 aliphatic carbocycles. The predicted octanol–water partition coefficient (Wildman–Crippen LogP) is 1.78. The summed E-state index contributed by atoms with van der Waals surface area (Å²) in [6.45, 7) is 3.50. The molecular weight excluding hydrogens is 140 g/mol. The van der Waals surface area contributed by atoms with Crippen LogP contribution in [0.1, 0.15) is 32.6 Å². The zero-order valence-electron chi connectivity index (χ0n) is 7.14. The Morgan fingerprint density at radius 1 is 1.64 bits per heavy atom. The maximum atomic E-state index is 11.1. The summed E-state index contributed by atoms with van der Waals surface area (Å²) in [4.78, 5) is 11.1. The van der Waals surface area contributed by atoms with Crippen molar-refractivity contribution in [2.24, 2.45) is 5.92 Å². The van der Waals surface area contributed by atoms with Crippen molar-refractivity contribution >= 4 is 5.78 Å². The van der Waals surface area contributed by atoms with Crippen molar-refractivity contribution in [1.82, 2.24) is 0 Å². The number of hydrogen-bond donors (Lipinski definition) is 0. The zero-order chi connectivity index (χ0) is 8.10. The minimum atomic E-state index is 0.321. The molecule has 1 saturated carbocycles. The van der Waals surface area contributed by atoms with Crippen LogP contribution in [0.4, 0.5) is 0 Å². The van der Waals surface area contributed by atoms with Gasteiger partial charge in [-0.05, 0) is 26.2 Å². The zero-order valence-corrected chi connectivity index (χ0v) is 7.14. The lowest BCUT2D eigenvalue weighted by molar-refractivity contribution is -0.121. The van der Waals surface area contributed by atoms with Crippen LogP contribution in [0.2, 0.25) is 0 Å². The molecule has 0 bridgehead atoms. The van der Waals surface area contributed by atoms with E-state index in [0.717, 1.165) is 38.9 Å². The van der Waals surface area contributed by atoms with E-state index >= 15 is 0 Å². The van der Waals surface area contributed by atoms with Crippen molar-refractivity contribution in [2.45, 2.75) is 32.6 Å². The molecule has 2 nitrogen and oxygen atoms in total. The highest BCUT2D eigenvalue weighted by atomic mass is 16.5. The van der Waals surface area contributed by atoms with Crippen LogP contribution in [0.5, 0.6) is 0 Å². The molecule has 0 spiro atoms. The van der Waals surface area contributed by atoms with Crippen molar-refractivity contribution in [1.29, 1.82) is 0 Å². The van der Waals surface area contributed by atoms with Crippen LogP contribution in [0, 0.1) is 5.92 Å². The van der Waals surface area contributed by atoms with Gasteiger partial charge in [-0.25, -0.2) is 0 Å². The standard InChI is InChI=1S/C9H16O2/c1-2-11-7-6-8-4-3-5-9(8)10/h8H,2-7H2,1H3. The largest absolute Gasteiger partial charge is 0.382 e. The van der Waals surface area contributed by atoms with Gasteiger partial charge in [0.2, 0.25) is 0 Å². The fraction of sp³-hybridized carbons (Fsp3) is 0.889. The number of carbonyl (C=O) groups is 1. The quantitative estimate of drug-likeness (QED) is 0.580. The summed E-state index contributed by atoms with van der Waals surface area (Å²) in [6, 6.07) is 0. The van der Waals surface area contributed by atoms with Crippen LogP contribution < -0.4 is 0 Å². The van der Waals surface area contributed by atoms with E-state index < -0.39 is 0 Å². The van der Waals surface area contributed by atoms with Gasteiger partial charge in [-0.2, -0.15) is 0 Å². The first-order valence-corrected chi connectivity index (χ1v) is 4.45. The van der Waals surface area contributed by atoms with Gasteiger partial charge >= 0.3 is 0 Å². The summed E-state index contributed by atoms with van der Waals surface area (Å²) in [5.41, 5.74) is 0. The molecule has 0 heterocycles. The number of ketones is 1. The number of hydrogen-bond acceptors (Lipinski definition) is 2. The van der Waals surface area contributed by atoms with Crippen molar-refractivity contribution in [3.8, 4) is 0 Å². The number of rotatable bonds is 4. The van der Waals surface area contributed by atoms with Gasteiger partial charge in [0.25, 0.3) is 0 Å². The Kier molecular flexibility index (Phi) is 3.57. The molecule has 1 rings (SSSR count). The Hall–Kier alpha value is -0.370. The average Bonchev–Trinajstić information content (AvgIpc) is 2.37. The monoisotopic (exact) mass is 156 g/mol. The van der Waals surface area contributed by atoms with Gasteiger partial charge in [0.05, 0.1) is 0 Å². The molecule has 1 aliphatic rings. The lowest BCUT2D eigenvalue weighted by atomic mass is 10.0. The summed E-state index contributed by atoms with van der Waals surface area (Å²) in [5.74, 6) is 0.770. The Bertz CT molecular complexity index is 132. The first kappa shape index (κ1) is 8.72. The van der Waals surface area contributed by atoms with Crippen LogP contribution in [0.15, 0.2) is 0 Å². The van der Waals surface area contributed by atoms with Gasteiger partial charge in [-0.1, -0.05) is 0 Å². The average molecular weight is 156 g/mol. The highest BCUT2D eigenvalue weighted by molar-refractivity contribution is 5.82. The van der Waals surface area contributed by atoms with E-state index in [0.29, 0.717) is 11.7 Å². The molecule has 0 radical (unpaired) electrons. The molecule has 0 aromatic rings. The number of carbonyl (C=O) groups excluding carboxylic acids is 1. The Labute approximate surface area is 67.9 Å². The molecule has 0 aromatic heterocycles. The maximum Gasteiger partial charge on any atom is 0.136 e. The van der Waals surface area contributed by atoms with Crippen molar-refractivity contribution in [2.75, 3.05) is 13.2 Å². The SMILES string of the molecule is CCOCCC1CCCC1=O. The third-order valence-corrected chi connectivity index (χ3v) is 2.25. The molecular formula is C9H16O2. The van der Waals surface area contributed by atoms with E-state index in [9.17, 15) is 4.79 Å². The van der Waals surface area contributed by atoms with Gasteiger partial charge < -0.3 is 4.74 Å². The Balaban J connectivity index is 2.10. The Morgan fingerprint density at radius 3 is 3.00 bits per heavy atom. The molecule has 1 unspecified atom stereocenters. The summed E-state index contributed by atoms with van der Waals surface area (Å²) in [7, 11) is 0. The second-order valence-corrected chi connectivity index (χ2v) is 3.04. The molecule has 64 valence electrons. The second kappa shape index (κ2) is 4.50. The van der Waals surface area contributed by atoms with Gasteiger partial charge in [0, 0.05) is 25.6 Å². The minimum absolute atomic E-state index is 0.321. The Morgan fingerprint density at radius 2 is 2.45 bits per heavy atom. The van der Waals surface area contributed by atoms with Crippen LogP contribution in [-0.2, 0) is 9.53 Å². The molecule has 1 atom stereocenters. The van der Waals surface area contributed by atoms with Gasteiger partial charge in [-0.15, -0.1) is 0 Å². The second-order valence-electron chi connectivity index (χ2n) is 3.04. The van der Waals surface area contributed by atoms with Crippen LogP contribution in [0.25, 0.3) is 0 Å². The maximum absolute atomic E-state index is 11.1. The topological polar surface area (TPSA) is 26.3 Å². The summed E-state index contributed by atoms with van der Waals surface area (Å²) < 4.78 is 5.19. The third kappa shape index (κ3) is 2.62. The highest BCUT2D eigenvalue weighted by Gasteiger charge is 2.23. The highest BCUT2D eigenvalue weighted by Crippen LogP contribution is 2.23. The van der Waals surface area contributed by atoms with Crippen LogP contribution >= 0.6 is 0 Å². The molecule has 0 saturated heterocycles. The van der Waals surface area contributed by atoms with Crippen molar-refractivity contribution < 1.29 is 9.53 Å². The molecule has 2 heteroatoms. The van der Waals surface area contributed by atoms with Crippen LogP contribution in [-0.4, -0.2) is 19.0 Å². The molecule has 0 N–H and O–H groups in total. The molecule has 11 heavy (non-hydrogen) atoms. The number of Topliss-reactive ketones (excluding diaryl/α,β-unsaturated/α-hetero) is 1. The molecule has 0 amide bonds. The van der Waals surface area contributed by atoms with E-state index in [1.807, 2.05) is 6.92 Å². The fourth-order valence-electron chi connectivity index (χ4n) is 1.56. The third-order valence-electron chi connectivity index (χ3n) is 2.25. The van der Waals surface area contributed by atoms with E-state index in [-0.39, 0.29) is 0 Å².